The molecule has 0 radical (unpaired) electrons. The summed E-state index contributed by atoms with van der Waals surface area (Å²) in [6, 6.07) is 9.21. The Hall–Kier alpha value is -1.81. The van der Waals surface area contributed by atoms with E-state index in [2.05, 4.69) is 51.2 Å². The molecular weight excluding hydrogens is 284 g/mol. The second kappa shape index (κ2) is 6.36. The third kappa shape index (κ3) is 3.13. The van der Waals surface area contributed by atoms with Crippen LogP contribution < -0.4 is 4.90 Å². The summed E-state index contributed by atoms with van der Waals surface area (Å²) in [5, 5.41) is 7.36. The van der Waals surface area contributed by atoms with Gasteiger partial charge in [-0.25, -0.2) is 0 Å². The average Bonchev–Trinajstić information content (AvgIpc) is 3.29. The zero-order valence-electron chi connectivity index (χ0n) is 14.0. The van der Waals surface area contributed by atoms with E-state index in [4.69, 9.17) is 0 Å². The van der Waals surface area contributed by atoms with Crippen LogP contribution in [0, 0.1) is 6.92 Å². The van der Waals surface area contributed by atoms with Gasteiger partial charge < -0.3 is 4.90 Å². The Morgan fingerprint density at radius 2 is 1.91 bits per heavy atom. The van der Waals surface area contributed by atoms with Gasteiger partial charge in [-0.15, -0.1) is 0 Å². The minimum absolute atomic E-state index is 0.612. The molecule has 23 heavy (non-hydrogen) atoms. The Balaban J connectivity index is 1.36. The van der Waals surface area contributed by atoms with Gasteiger partial charge >= 0.3 is 0 Å². The highest BCUT2D eigenvalue weighted by Gasteiger charge is 2.26. The molecule has 0 unspecified atom stereocenters. The number of likely N-dealkylation sites (tertiary alicyclic amines) is 1. The van der Waals surface area contributed by atoms with Crippen LogP contribution in [0.5, 0.6) is 0 Å². The Morgan fingerprint density at radius 1 is 1.13 bits per heavy atom. The molecule has 0 aliphatic carbocycles. The summed E-state index contributed by atoms with van der Waals surface area (Å²) >= 11 is 0. The fourth-order valence-electron chi connectivity index (χ4n) is 4.03. The van der Waals surface area contributed by atoms with Crippen molar-refractivity contribution in [3.8, 4) is 0 Å². The van der Waals surface area contributed by atoms with Crippen LogP contribution in [0.3, 0.4) is 0 Å². The van der Waals surface area contributed by atoms with E-state index in [9.17, 15) is 0 Å². The number of nitrogens with one attached hydrogen (secondary N) is 1. The molecule has 1 aromatic heterocycles. The maximum Gasteiger partial charge on any atom is 0.0519 e. The fraction of sp³-hybridized carbons (Fsp3) is 0.526. The molecule has 1 aromatic carbocycles. The average molecular weight is 310 g/mol. The zero-order valence-corrected chi connectivity index (χ0v) is 14.0. The number of rotatable bonds is 4. The van der Waals surface area contributed by atoms with Crippen molar-refractivity contribution in [2.24, 2.45) is 0 Å². The number of hydrogen-bond acceptors (Lipinski definition) is 3. The summed E-state index contributed by atoms with van der Waals surface area (Å²) < 4.78 is 0. The minimum atomic E-state index is 0.612. The van der Waals surface area contributed by atoms with Crippen LogP contribution in [0.15, 0.2) is 30.5 Å². The molecule has 2 aromatic rings. The van der Waals surface area contributed by atoms with Crippen molar-refractivity contribution >= 4 is 5.69 Å². The summed E-state index contributed by atoms with van der Waals surface area (Å²) in [4.78, 5) is 5.06. The highest BCUT2D eigenvalue weighted by Crippen LogP contribution is 2.29. The van der Waals surface area contributed by atoms with Crippen LogP contribution in [0.4, 0.5) is 5.69 Å². The number of anilines is 1. The van der Waals surface area contributed by atoms with Gasteiger partial charge in [0.15, 0.2) is 0 Å². The molecule has 2 aliphatic rings. The van der Waals surface area contributed by atoms with E-state index in [-0.39, 0.29) is 0 Å². The first-order chi connectivity index (χ1) is 11.3. The van der Waals surface area contributed by atoms with Gasteiger partial charge in [0, 0.05) is 43.5 Å². The van der Waals surface area contributed by atoms with E-state index in [1.165, 1.54) is 61.4 Å². The van der Waals surface area contributed by atoms with Crippen LogP contribution in [-0.2, 0) is 6.54 Å². The van der Waals surface area contributed by atoms with Crippen LogP contribution in [0.25, 0.3) is 0 Å². The maximum absolute atomic E-state index is 4.17. The number of aryl methyl sites for hydroxylation is 1. The zero-order chi connectivity index (χ0) is 15.6. The third-order valence-corrected chi connectivity index (χ3v) is 5.36. The molecule has 0 saturated carbocycles. The van der Waals surface area contributed by atoms with Gasteiger partial charge in [0.1, 0.15) is 0 Å². The molecule has 4 rings (SSSR count). The molecule has 0 bridgehead atoms. The fourth-order valence-corrected chi connectivity index (χ4v) is 4.03. The first-order valence-electron chi connectivity index (χ1n) is 8.86. The first kappa shape index (κ1) is 14.8. The van der Waals surface area contributed by atoms with Crippen molar-refractivity contribution < 1.29 is 0 Å². The Bertz CT molecular complexity index is 640. The SMILES string of the molecule is Cc1cn[nH]c1[C@H]1CCN(Cc2ccc(N3CCCC3)cc2)C1. The molecule has 1 atom stereocenters. The van der Waals surface area contributed by atoms with Crippen molar-refractivity contribution in [3.63, 3.8) is 0 Å². The molecular formula is C19H26N4. The van der Waals surface area contributed by atoms with Crippen LogP contribution in [-0.4, -0.2) is 41.3 Å². The van der Waals surface area contributed by atoms with Crippen LogP contribution in [0.1, 0.15) is 42.0 Å². The quantitative estimate of drug-likeness (QED) is 0.941. The van der Waals surface area contributed by atoms with Crippen molar-refractivity contribution in [2.45, 2.75) is 38.6 Å². The van der Waals surface area contributed by atoms with Crippen molar-refractivity contribution in [1.29, 1.82) is 0 Å². The standard InChI is InChI=1S/C19H26N4/c1-15-12-20-21-19(15)17-8-11-22(14-17)13-16-4-6-18(7-5-16)23-9-2-3-10-23/h4-7,12,17H,2-3,8-11,13-14H2,1H3,(H,20,21)/t17-/m0/s1. The van der Waals surface area contributed by atoms with Gasteiger partial charge in [0.2, 0.25) is 0 Å². The van der Waals surface area contributed by atoms with E-state index < -0.39 is 0 Å². The van der Waals surface area contributed by atoms with Gasteiger partial charge in [0.05, 0.1) is 6.20 Å². The topological polar surface area (TPSA) is 35.2 Å². The lowest BCUT2D eigenvalue weighted by Gasteiger charge is -2.19. The van der Waals surface area contributed by atoms with Gasteiger partial charge in [0.25, 0.3) is 0 Å². The molecule has 2 aliphatic heterocycles. The lowest BCUT2D eigenvalue weighted by atomic mass is 10.0. The normalized spacial score (nSPS) is 22.1. The lowest BCUT2D eigenvalue weighted by molar-refractivity contribution is 0.326. The summed E-state index contributed by atoms with van der Waals surface area (Å²) in [6.45, 7) is 7.96. The van der Waals surface area contributed by atoms with Crippen LogP contribution >= 0.6 is 0 Å². The smallest absolute Gasteiger partial charge is 0.0519 e. The summed E-state index contributed by atoms with van der Waals surface area (Å²) in [5.41, 5.74) is 5.44. The van der Waals surface area contributed by atoms with Gasteiger partial charge in [-0.05, 0) is 56.0 Å². The number of H-pyrrole nitrogens is 1. The monoisotopic (exact) mass is 310 g/mol. The van der Waals surface area contributed by atoms with Gasteiger partial charge in [-0.2, -0.15) is 5.10 Å². The van der Waals surface area contributed by atoms with E-state index in [0.717, 1.165) is 13.1 Å². The molecule has 4 nitrogen and oxygen atoms in total. The second-order valence-corrected chi connectivity index (χ2v) is 7.05. The number of benzene rings is 1. The largest absolute Gasteiger partial charge is 0.372 e. The second-order valence-electron chi connectivity index (χ2n) is 7.05. The number of aromatic amines is 1. The molecule has 0 amide bonds. The predicted molar refractivity (Wildman–Crippen MR) is 93.8 cm³/mol. The first-order valence-corrected chi connectivity index (χ1v) is 8.86. The number of aromatic nitrogens is 2. The van der Waals surface area contributed by atoms with Gasteiger partial charge in [-0.1, -0.05) is 12.1 Å². The molecule has 0 spiro atoms. The van der Waals surface area contributed by atoms with E-state index in [0.29, 0.717) is 5.92 Å². The minimum Gasteiger partial charge on any atom is -0.372 e. The Kier molecular flexibility index (Phi) is 4.08. The summed E-state index contributed by atoms with van der Waals surface area (Å²) in [7, 11) is 0. The number of nitrogens with zero attached hydrogens (tertiary/aromatic N) is 3. The van der Waals surface area contributed by atoms with E-state index in [1.807, 2.05) is 6.20 Å². The van der Waals surface area contributed by atoms with Gasteiger partial charge in [-0.3, -0.25) is 10.00 Å². The molecule has 4 heteroatoms. The highest BCUT2D eigenvalue weighted by molar-refractivity contribution is 5.48. The van der Waals surface area contributed by atoms with Crippen molar-refractivity contribution in [1.82, 2.24) is 15.1 Å². The molecule has 1 N–H and O–H groups in total. The Labute approximate surface area is 138 Å². The summed E-state index contributed by atoms with van der Waals surface area (Å²) in [5.74, 6) is 0.612. The van der Waals surface area contributed by atoms with Crippen molar-refractivity contribution in [3.05, 3.63) is 47.3 Å². The molecule has 2 fully saturated rings. The predicted octanol–water partition coefficient (Wildman–Crippen LogP) is 3.31. The van der Waals surface area contributed by atoms with Crippen LogP contribution in [0.2, 0.25) is 0 Å². The molecule has 3 heterocycles. The van der Waals surface area contributed by atoms with Crippen molar-refractivity contribution in [2.75, 3.05) is 31.1 Å². The third-order valence-electron chi connectivity index (χ3n) is 5.36. The summed E-state index contributed by atoms with van der Waals surface area (Å²) in [6.07, 6.45) is 5.85. The maximum atomic E-state index is 4.17. The molecule has 122 valence electrons. The Morgan fingerprint density at radius 3 is 2.61 bits per heavy atom. The lowest BCUT2D eigenvalue weighted by Crippen LogP contribution is -2.20. The van der Waals surface area contributed by atoms with E-state index in [1.54, 1.807) is 0 Å². The molecule has 2 saturated heterocycles. The number of hydrogen-bond donors (Lipinski definition) is 1. The van der Waals surface area contributed by atoms with E-state index >= 15 is 0 Å². The highest BCUT2D eigenvalue weighted by atomic mass is 15.2.